The number of benzene rings is 2. The molecule has 138 valence electrons. The topological polar surface area (TPSA) is 65.6 Å². The van der Waals surface area contributed by atoms with Crippen molar-refractivity contribution < 1.29 is 4.39 Å². The van der Waals surface area contributed by atoms with Gasteiger partial charge in [0.25, 0.3) is 5.56 Å². The smallest absolute Gasteiger partial charge is 0.261 e. The molecule has 5 rings (SSSR count). The summed E-state index contributed by atoms with van der Waals surface area (Å²) in [6.45, 7) is 0.547. The third-order valence-corrected chi connectivity index (χ3v) is 5.02. The second-order valence-corrected chi connectivity index (χ2v) is 6.96. The number of hydrogen-bond donors (Lipinski definition) is 0. The average Bonchev–Trinajstić information content (AvgIpc) is 3.33. The molecule has 0 saturated carbocycles. The molecule has 0 unspecified atom stereocenters. The lowest BCUT2D eigenvalue weighted by Crippen LogP contribution is -2.20. The van der Waals surface area contributed by atoms with Gasteiger partial charge in [0.05, 0.1) is 10.9 Å². The summed E-state index contributed by atoms with van der Waals surface area (Å²) in [6.07, 6.45) is 5.30. The lowest BCUT2D eigenvalue weighted by molar-refractivity contribution is 0.610. The summed E-state index contributed by atoms with van der Waals surface area (Å²) in [5, 5.41) is 5.01. The number of nitrogens with zero attached hydrogens (tertiary/aromatic N) is 5. The molecule has 8 heteroatoms. The monoisotopic (exact) mass is 393 g/mol. The van der Waals surface area contributed by atoms with E-state index in [0.717, 1.165) is 5.57 Å². The number of hydrogen-bond acceptors (Lipinski definition) is 4. The second kappa shape index (κ2) is 6.38. The third kappa shape index (κ3) is 2.71. The van der Waals surface area contributed by atoms with Crippen molar-refractivity contribution in [2.45, 2.75) is 13.0 Å². The van der Waals surface area contributed by atoms with Crippen molar-refractivity contribution in [1.82, 2.24) is 24.3 Å². The highest BCUT2D eigenvalue weighted by Gasteiger charge is 2.21. The Morgan fingerprint density at radius 2 is 2.07 bits per heavy atom. The number of allylic oxidation sites excluding steroid dienone is 1. The van der Waals surface area contributed by atoms with Crippen molar-refractivity contribution in [3.05, 3.63) is 81.6 Å². The fourth-order valence-electron chi connectivity index (χ4n) is 3.46. The largest absolute Gasteiger partial charge is 0.292 e. The highest BCUT2D eigenvalue weighted by molar-refractivity contribution is 6.31. The van der Waals surface area contributed by atoms with Gasteiger partial charge in [-0.25, -0.2) is 19.0 Å². The molecule has 2 aromatic carbocycles. The van der Waals surface area contributed by atoms with Crippen LogP contribution < -0.4 is 5.56 Å². The van der Waals surface area contributed by atoms with Crippen LogP contribution in [0.3, 0.4) is 0 Å². The minimum absolute atomic E-state index is 0.0900. The van der Waals surface area contributed by atoms with Crippen LogP contribution in [0.25, 0.3) is 28.2 Å². The van der Waals surface area contributed by atoms with E-state index in [1.807, 2.05) is 6.08 Å². The molecular weight excluding hydrogens is 381 g/mol. The zero-order valence-electron chi connectivity index (χ0n) is 14.5. The molecule has 3 heterocycles. The normalized spacial score (nSPS) is 14.7. The van der Waals surface area contributed by atoms with Crippen molar-refractivity contribution in [3.8, 4) is 5.69 Å². The standard InChI is InChI=1S/C20H13ClFN5O/c21-14-2-3-15-17(9-14)25-19-13(5-6-26(19)20(15)28)7-12-1-4-18(16(22)8-12)27-11-23-10-24-27/h1-4,7-11H,5-6H2. The quantitative estimate of drug-likeness (QED) is 0.520. The molecule has 28 heavy (non-hydrogen) atoms. The second-order valence-electron chi connectivity index (χ2n) is 6.52. The van der Waals surface area contributed by atoms with E-state index in [1.54, 1.807) is 34.9 Å². The Morgan fingerprint density at radius 1 is 1.18 bits per heavy atom. The average molecular weight is 394 g/mol. The van der Waals surface area contributed by atoms with Crippen LogP contribution in [-0.4, -0.2) is 24.3 Å². The predicted octanol–water partition coefficient (Wildman–Crippen LogP) is 3.71. The summed E-state index contributed by atoms with van der Waals surface area (Å²) < 4.78 is 17.5. The van der Waals surface area contributed by atoms with E-state index in [9.17, 15) is 9.18 Å². The van der Waals surface area contributed by atoms with Crippen LogP contribution in [0.5, 0.6) is 0 Å². The highest BCUT2D eigenvalue weighted by atomic mass is 35.5. The summed E-state index contributed by atoms with van der Waals surface area (Å²) in [6, 6.07) is 9.94. The van der Waals surface area contributed by atoms with E-state index in [4.69, 9.17) is 11.6 Å². The molecule has 2 aromatic heterocycles. The predicted molar refractivity (Wildman–Crippen MR) is 105 cm³/mol. The molecular formula is C20H13ClFN5O. The summed E-state index contributed by atoms with van der Waals surface area (Å²) >= 11 is 6.05. The maximum atomic E-state index is 14.5. The Balaban J connectivity index is 1.59. The van der Waals surface area contributed by atoms with Crippen molar-refractivity contribution in [2.75, 3.05) is 0 Å². The van der Waals surface area contributed by atoms with Gasteiger partial charge in [0.1, 0.15) is 30.0 Å². The SMILES string of the molecule is O=c1c2ccc(Cl)cc2nc2n1CCC2=Cc1ccc(-n2cncn2)c(F)c1. The lowest BCUT2D eigenvalue weighted by Gasteiger charge is -2.06. The molecule has 6 nitrogen and oxygen atoms in total. The van der Waals surface area contributed by atoms with Crippen LogP contribution >= 0.6 is 11.6 Å². The minimum atomic E-state index is -0.409. The molecule has 1 aliphatic heterocycles. The van der Waals surface area contributed by atoms with Crippen LogP contribution in [0.15, 0.2) is 53.8 Å². The highest BCUT2D eigenvalue weighted by Crippen LogP contribution is 2.28. The van der Waals surface area contributed by atoms with Crippen LogP contribution in [0.1, 0.15) is 17.8 Å². The molecule has 1 aliphatic rings. The fourth-order valence-corrected chi connectivity index (χ4v) is 3.63. The van der Waals surface area contributed by atoms with Gasteiger partial charge in [-0.3, -0.25) is 9.36 Å². The molecule has 0 radical (unpaired) electrons. The Labute approximate surface area is 163 Å². The van der Waals surface area contributed by atoms with Gasteiger partial charge < -0.3 is 0 Å². The number of rotatable bonds is 2. The van der Waals surface area contributed by atoms with E-state index in [2.05, 4.69) is 15.1 Å². The van der Waals surface area contributed by atoms with Crippen molar-refractivity contribution in [1.29, 1.82) is 0 Å². The first-order valence-electron chi connectivity index (χ1n) is 8.66. The number of fused-ring (bicyclic) bond motifs is 2. The molecule has 0 bridgehead atoms. The van der Waals surface area contributed by atoms with E-state index < -0.39 is 5.82 Å². The number of halogens is 2. The Hall–Kier alpha value is -3.32. The van der Waals surface area contributed by atoms with Crippen LogP contribution in [0.2, 0.25) is 5.02 Å². The molecule has 0 spiro atoms. The first-order valence-corrected chi connectivity index (χ1v) is 9.03. The maximum Gasteiger partial charge on any atom is 0.261 e. The summed E-state index contributed by atoms with van der Waals surface area (Å²) in [5.41, 5.74) is 2.36. The minimum Gasteiger partial charge on any atom is -0.292 e. The van der Waals surface area contributed by atoms with Gasteiger partial charge in [0.2, 0.25) is 0 Å². The molecule has 0 atom stereocenters. The number of aromatic nitrogens is 5. The van der Waals surface area contributed by atoms with Crippen LogP contribution in [0.4, 0.5) is 4.39 Å². The first kappa shape index (κ1) is 16.8. The van der Waals surface area contributed by atoms with Gasteiger partial charge >= 0.3 is 0 Å². The van der Waals surface area contributed by atoms with E-state index in [0.29, 0.717) is 46.0 Å². The fraction of sp³-hybridized carbons (Fsp3) is 0.100. The van der Waals surface area contributed by atoms with Crippen molar-refractivity contribution in [3.63, 3.8) is 0 Å². The van der Waals surface area contributed by atoms with Gasteiger partial charge in [0.15, 0.2) is 0 Å². The van der Waals surface area contributed by atoms with E-state index in [1.165, 1.54) is 23.4 Å². The van der Waals surface area contributed by atoms with Crippen molar-refractivity contribution >= 4 is 34.2 Å². The van der Waals surface area contributed by atoms with Crippen molar-refractivity contribution in [2.24, 2.45) is 0 Å². The van der Waals surface area contributed by atoms with Crippen LogP contribution in [-0.2, 0) is 6.54 Å². The molecule has 0 aliphatic carbocycles. The third-order valence-electron chi connectivity index (χ3n) is 4.79. The Bertz CT molecular complexity index is 1310. The van der Waals surface area contributed by atoms with Gasteiger partial charge in [0, 0.05) is 11.6 Å². The summed E-state index contributed by atoms with van der Waals surface area (Å²) in [7, 11) is 0. The molecule has 0 fully saturated rings. The van der Waals surface area contributed by atoms with E-state index >= 15 is 0 Å². The zero-order valence-corrected chi connectivity index (χ0v) is 15.3. The molecule has 4 aromatic rings. The maximum absolute atomic E-state index is 14.5. The van der Waals surface area contributed by atoms with Gasteiger partial charge in [-0.1, -0.05) is 17.7 Å². The molecule has 0 N–H and O–H groups in total. The van der Waals surface area contributed by atoms with Gasteiger partial charge in [-0.15, -0.1) is 0 Å². The van der Waals surface area contributed by atoms with Gasteiger partial charge in [-0.05, 0) is 54.0 Å². The molecule has 0 amide bonds. The lowest BCUT2D eigenvalue weighted by atomic mass is 10.1. The first-order chi connectivity index (χ1) is 13.6. The van der Waals surface area contributed by atoms with Gasteiger partial charge in [-0.2, -0.15) is 5.10 Å². The Morgan fingerprint density at radius 3 is 2.86 bits per heavy atom. The summed E-state index contributed by atoms with van der Waals surface area (Å²) in [4.78, 5) is 21.2. The molecule has 0 saturated heterocycles. The van der Waals surface area contributed by atoms with Crippen LogP contribution in [0, 0.1) is 5.82 Å². The summed E-state index contributed by atoms with van der Waals surface area (Å²) in [5.74, 6) is 0.189. The van der Waals surface area contributed by atoms with E-state index in [-0.39, 0.29) is 5.56 Å². The Kier molecular flexibility index (Phi) is 3.84. The zero-order chi connectivity index (χ0) is 19.3.